The molecule has 1 heterocycles. The van der Waals surface area contributed by atoms with E-state index >= 15 is 0 Å². The monoisotopic (exact) mass is 218 g/mol. The zero-order valence-corrected chi connectivity index (χ0v) is 8.58. The van der Waals surface area contributed by atoms with Gasteiger partial charge in [0.05, 0.1) is 0 Å². The maximum absolute atomic E-state index is 10.7. The number of carbonyl (C=O) groups excluding carboxylic acids is 1. The molecule has 1 aromatic heterocycles. The van der Waals surface area contributed by atoms with E-state index in [4.69, 9.17) is 21.8 Å². The van der Waals surface area contributed by atoms with E-state index in [0.717, 1.165) is 0 Å². The van der Waals surface area contributed by atoms with Crippen LogP contribution in [-0.4, -0.2) is 22.1 Å². The normalized spacial score (nSPS) is 14.8. The van der Waals surface area contributed by atoms with Crippen LogP contribution in [0.15, 0.2) is 4.42 Å². The number of halogens is 1. The highest BCUT2D eigenvalue weighted by Gasteiger charge is 2.14. The minimum Gasteiger partial charge on any atom is -0.406 e. The lowest BCUT2D eigenvalue weighted by Crippen LogP contribution is -2.32. The Morgan fingerprint density at radius 3 is 2.64 bits per heavy atom. The second kappa shape index (κ2) is 4.28. The summed E-state index contributed by atoms with van der Waals surface area (Å²) in [5.41, 5.74) is 5.03. The largest absolute Gasteiger partial charge is 0.406 e. The van der Waals surface area contributed by atoms with Gasteiger partial charge in [0.15, 0.2) is 0 Å². The van der Waals surface area contributed by atoms with Gasteiger partial charge in [-0.25, -0.2) is 0 Å². The molecule has 0 aliphatic rings. The average Bonchev–Trinajstić information content (AvgIpc) is 2.52. The van der Waals surface area contributed by atoms with Crippen LogP contribution in [0.2, 0.25) is 0 Å². The number of nitrogens with two attached hydrogens (primary N) is 1. The van der Waals surface area contributed by atoms with Crippen molar-refractivity contribution >= 4 is 23.5 Å². The summed E-state index contributed by atoms with van der Waals surface area (Å²) >= 11 is 5.70. The van der Waals surface area contributed by atoms with E-state index in [9.17, 15) is 4.79 Å². The molecule has 2 atom stereocenters. The highest BCUT2D eigenvalue weighted by atomic mass is 35.5. The second-order valence-corrected chi connectivity index (χ2v) is 3.48. The highest BCUT2D eigenvalue weighted by Crippen LogP contribution is 2.19. The molecule has 3 N–H and O–H groups in total. The molecule has 0 saturated heterocycles. The minimum absolute atomic E-state index is 0.138. The average molecular weight is 219 g/mol. The van der Waals surface area contributed by atoms with E-state index in [1.54, 1.807) is 13.8 Å². The van der Waals surface area contributed by atoms with Crippen molar-refractivity contribution < 1.29 is 9.21 Å². The Morgan fingerprint density at radius 1 is 1.57 bits per heavy atom. The minimum atomic E-state index is -0.561. The molecule has 2 unspecified atom stereocenters. The van der Waals surface area contributed by atoms with E-state index in [1.165, 1.54) is 0 Å². The van der Waals surface area contributed by atoms with Crippen LogP contribution in [-0.2, 0) is 4.79 Å². The van der Waals surface area contributed by atoms with Gasteiger partial charge in [-0.3, -0.25) is 4.79 Å². The first kappa shape index (κ1) is 10.8. The number of primary amides is 1. The number of nitrogens with one attached hydrogen (secondary N) is 1. The van der Waals surface area contributed by atoms with Crippen LogP contribution < -0.4 is 11.1 Å². The number of alkyl halides is 1. The molecule has 1 amide bonds. The maximum Gasteiger partial charge on any atom is 0.316 e. The third-order valence-electron chi connectivity index (χ3n) is 1.55. The highest BCUT2D eigenvalue weighted by molar-refractivity contribution is 6.20. The predicted molar refractivity (Wildman–Crippen MR) is 50.8 cm³/mol. The van der Waals surface area contributed by atoms with Crippen molar-refractivity contribution in [3.8, 4) is 0 Å². The maximum atomic E-state index is 10.7. The van der Waals surface area contributed by atoms with Crippen LogP contribution in [0.4, 0.5) is 6.01 Å². The van der Waals surface area contributed by atoms with Gasteiger partial charge < -0.3 is 15.5 Å². The smallest absolute Gasteiger partial charge is 0.316 e. The molecule has 7 heteroatoms. The Hall–Kier alpha value is -1.30. The number of nitrogens with zero attached hydrogens (tertiary/aromatic N) is 2. The molecule has 0 radical (unpaired) electrons. The summed E-state index contributed by atoms with van der Waals surface area (Å²) in [7, 11) is 0. The van der Waals surface area contributed by atoms with E-state index in [0.29, 0.717) is 5.89 Å². The quantitative estimate of drug-likeness (QED) is 0.724. The van der Waals surface area contributed by atoms with Gasteiger partial charge in [-0.2, -0.15) is 0 Å². The van der Waals surface area contributed by atoms with Crippen molar-refractivity contribution in [2.45, 2.75) is 25.3 Å². The third kappa shape index (κ3) is 2.59. The Morgan fingerprint density at radius 2 is 2.21 bits per heavy atom. The fraction of sp³-hybridized carbons (Fsp3) is 0.571. The predicted octanol–water partition coefficient (Wildman–Crippen LogP) is 0.655. The number of hydrogen-bond acceptors (Lipinski definition) is 5. The lowest BCUT2D eigenvalue weighted by molar-refractivity contribution is -0.118. The van der Waals surface area contributed by atoms with Crippen molar-refractivity contribution in [3.05, 3.63) is 5.89 Å². The Bertz CT molecular complexity index is 325. The number of carbonyl (C=O) groups is 1. The molecule has 0 aromatic carbocycles. The molecule has 6 nitrogen and oxygen atoms in total. The summed E-state index contributed by atoms with van der Waals surface area (Å²) < 4.78 is 5.09. The van der Waals surface area contributed by atoms with Gasteiger partial charge in [0, 0.05) is 0 Å². The molecule has 0 saturated carbocycles. The standard InChI is InChI=1S/C7H11ClN4O2/c1-3(8)6-11-12-7(14-6)10-4(2)5(9)13/h3-4H,1-2H3,(H2,9,13)(H,10,12). The molecule has 1 rings (SSSR count). The molecule has 78 valence electrons. The SMILES string of the molecule is CC(Nc1nnc(C(C)Cl)o1)C(N)=O. The fourth-order valence-electron chi connectivity index (χ4n) is 0.710. The molecule has 0 bridgehead atoms. The second-order valence-electron chi connectivity index (χ2n) is 2.83. The molecule has 0 spiro atoms. The van der Waals surface area contributed by atoms with Crippen LogP contribution in [0.1, 0.15) is 25.1 Å². The van der Waals surface area contributed by atoms with Gasteiger partial charge in [0.25, 0.3) is 0 Å². The van der Waals surface area contributed by atoms with Crippen LogP contribution >= 0.6 is 11.6 Å². The molecule has 14 heavy (non-hydrogen) atoms. The first-order chi connectivity index (χ1) is 6.50. The van der Waals surface area contributed by atoms with Gasteiger partial charge in [-0.1, -0.05) is 5.10 Å². The van der Waals surface area contributed by atoms with Crippen LogP contribution in [0.25, 0.3) is 0 Å². The lowest BCUT2D eigenvalue weighted by Gasteiger charge is -2.05. The number of hydrogen-bond donors (Lipinski definition) is 2. The van der Waals surface area contributed by atoms with Crippen LogP contribution in [0.5, 0.6) is 0 Å². The summed E-state index contributed by atoms with van der Waals surface area (Å²) in [4.78, 5) is 10.7. The summed E-state index contributed by atoms with van der Waals surface area (Å²) in [5.74, 6) is -0.200. The van der Waals surface area contributed by atoms with Gasteiger partial charge in [0.2, 0.25) is 11.8 Å². The topological polar surface area (TPSA) is 94.0 Å². The fourth-order valence-corrected chi connectivity index (χ4v) is 0.798. The van der Waals surface area contributed by atoms with Gasteiger partial charge >= 0.3 is 6.01 Å². The summed E-state index contributed by atoms with van der Waals surface area (Å²) in [6.45, 7) is 3.30. The number of anilines is 1. The first-order valence-corrected chi connectivity index (χ1v) is 4.47. The molecule has 0 aliphatic carbocycles. The zero-order valence-electron chi connectivity index (χ0n) is 7.82. The van der Waals surface area contributed by atoms with Gasteiger partial charge in [-0.05, 0) is 13.8 Å². The van der Waals surface area contributed by atoms with E-state index < -0.39 is 11.9 Å². The van der Waals surface area contributed by atoms with Crippen molar-refractivity contribution in [1.29, 1.82) is 0 Å². The Balaban J connectivity index is 2.64. The van der Waals surface area contributed by atoms with Crippen molar-refractivity contribution in [2.24, 2.45) is 5.73 Å². The number of aromatic nitrogens is 2. The molecule has 1 aromatic rings. The zero-order chi connectivity index (χ0) is 10.7. The summed E-state index contributed by atoms with van der Waals surface area (Å²) in [6.07, 6.45) is 0. The Labute approximate surface area is 85.8 Å². The molecule has 0 aliphatic heterocycles. The van der Waals surface area contributed by atoms with Gasteiger partial charge in [-0.15, -0.1) is 16.7 Å². The molecule has 0 fully saturated rings. The van der Waals surface area contributed by atoms with Crippen molar-refractivity contribution in [2.75, 3.05) is 5.32 Å². The van der Waals surface area contributed by atoms with Crippen molar-refractivity contribution in [1.82, 2.24) is 10.2 Å². The number of rotatable bonds is 4. The van der Waals surface area contributed by atoms with E-state index in [-0.39, 0.29) is 11.4 Å². The van der Waals surface area contributed by atoms with Gasteiger partial charge in [0.1, 0.15) is 11.4 Å². The molecular weight excluding hydrogens is 208 g/mol. The lowest BCUT2D eigenvalue weighted by atomic mass is 10.3. The van der Waals surface area contributed by atoms with E-state index in [1.807, 2.05) is 0 Å². The van der Waals surface area contributed by atoms with Crippen LogP contribution in [0.3, 0.4) is 0 Å². The van der Waals surface area contributed by atoms with Crippen molar-refractivity contribution in [3.63, 3.8) is 0 Å². The summed E-state index contributed by atoms with van der Waals surface area (Å²) in [6, 6.07) is -0.423. The first-order valence-electron chi connectivity index (χ1n) is 4.04. The van der Waals surface area contributed by atoms with Crippen LogP contribution in [0, 0.1) is 0 Å². The molecular formula is C7H11ClN4O2. The van der Waals surface area contributed by atoms with E-state index in [2.05, 4.69) is 15.5 Å². The number of amides is 1. The Kier molecular flexibility index (Phi) is 3.29. The summed E-state index contributed by atoms with van der Waals surface area (Å²) in [5, 5.41) is 9.59. The third-order valence-corrected chi connectivity index (χ3v) is 1.73.